The summed E-state index contributed by atoms with van der Waals surface area (Å²) in [5, 5.41) is 0. The Morgan fingerprint density at radius 2 is 1.54 bits per heavy atom. The van der Waals surface area contributed by atoms with E-state index in [9.17, 15) is 14.4 Å². The number of hydrogen-bond acceptors (Lipinski definition) is 5. The summed E-state index contributed by atoms with van der Waals surface area (Å²) in [5.41, 5.74) is 1.08. The van der Waals surface area contributed by atoms with Gasteiger partial charge in [-0.05, 0) is 31.9 Å². The molecular weight excluding hydrogens is 360 g/mol. The molecule has 7 nitrogen and oxygen atoms in total. The van der Waals surface area contributed by atoms with Gasteiger partial charge in [-0.3, -0.25) is 14.4 Å². The second-order valence-electron chi connectivity index (χ2n) is 6.78. The Hall–Kier alpha value is -2.57. The van der Waals surface area contributed by atoms with Gasteiger partial charge in [0.05, 0.1) is 19.6 Å². The first-order valence-corrected chi connectivity index (χ1v) is 9.91. The van der Waals surface area contributed by atoms with E-state index in [0.29, 0.717) is 52.2 Å². The fourth-order valence-corrected chi connectivity index (χ4v) is 3.09. The Kier molecular flexibility index (Phi) is 8.78. The standard InChI is InChI=1S/C21H30N2O5/c1-3-27-21(26)11-10-20(25)23-14-12-22(13-15-23)19(24)9-6-16-28-18-8-5-4-7-17(18)2/h4-5,7-8H,3,6,9-16H2,1-2H3. The van der Waals surface area contributed by atoms with Gasteiger partial charge in [-0.25, -0.2) is 0 Å². The summed E-state index contributed by atoms with van der Waals surface area (Å²) in [4.78, 5) is 39.4. The molecule has 1 aliphatic heterocycles. The van der Waals surface area contributed by atoms with Crippen LogP contribution in [-0.2, 0) is 19.1 Å². The first-order chi connectivity index (χ1) is 13.5. The number of nitrogens with zero attached hydrogens (tertiary/aromatic N) is 2. The molecule has 0 bridgehead atoms. The Morgan fingerprint density at radius 3 is 2.14 bits per heavy atom. The number of hydrogen-bond donors (Lipinski definition) is 0. The Labute approximate surface area is 166 Å². The van der Waals surface area contributed by atoms with E-state index in [4.69, 9.17) is 9.47 Å². The lowest BCUT2D eigenvalue weighted by molar-refractivity contribution is -0.146. The number of piperazine rings is 1. The molecule has 0 aromatic heterocycles. The van der Waals surface area contributed by atoms with E-state index < -0.39 is 0 Å². The highest BCUT2D eigenvalue weighted by atomic mass is 16.5. The number of esters is 1. The fourth-order valence-electron chi connectivity index (χ4n) is 3.09. The molecule has 28 heavy (non-hydrogen) atoms. The summed E-state index contributed by atoms with van der Waals surface area (Å²) in [6.45, 7) is 6.64. The van der Waals surface area contributed by atoms with E-state index in [1.165, 1.54) is 0 Å². The van der Waals surface area contributed by atoms with Gasteiger partial charge >= 0.3 is 5.97 Å². The maximum absolute atomic E-state index is 12.3. The third kappa shape index (κ3) is 6.87. The van der Waals surface area contributed by atoms with Crippen LogP contribution in [0.1, 0.15) is 38.2 Å². The van der Waals surface area contributed by atoms with E-state index in [-0.39, 0.29) is 30.6 Å². The predicted molar refractivity (Wildman–Crippen MR) is 105 cm³/mol. The van der Waals surface area contributed by atoms with Crippen molar-refractivity contribution in [2.45, 2.75) is 39.5 Å². The van der Waals surface area contributed by atoms with E-state index in [2.05, 4.69) is 0 Å². The SMILES string of the molecule is CCOC(=O)CCC(=O)N1CCN(C(=O)CCCOc2ccccc2C)CC1. The number of carbonyl (C=O) groups is 3. The third-order valence-corrected chi connectivity index (χ3v) is 4.72. The number of para-hydroxylation sites is 1. The van der Waals surface area contributed by atoms with Crippen molar-refractivity contribution in [1.82, 2.24) is 9.80 Å². The van der Waals surface area contributed by atoms with E-state index in [0.717, 1.165) is 11.3 Å². The molecule has 1 aromatic rings. The van der Waals surface area contributed by atoms with Crippen LogP contribution < -0.4 is 4.74 Å². The van der Waals surface area contributed by atoms with Crippen LogP contribution in [0.2, 0.25) is 0 Å². The molecule has 154 valence electrons. The normalized spacial score (nSPS) is 13.9. The van der Waals surface area contributed by atoms with Gasteiger partial charge in [0.1, 0.15) is 5.75 Å². The van der Waals surface area contributed by atoms with Crippen molar-refractivity contribution in [3.63, 3.8) is 0 Å². The zero-order valence-corrected chi connectivity index (χ0v) is 16.8. The molecule has 1 fully saturated rings. The molecule has 0 N–H and O–H groups in total. The maximum atomic E-state index is 12.3. The Morgan fingerprint density at radius 1 is 0.929 bits per heavy atom. The zero-order valence-electron chi connectivity index (χ0n) is 16.8. The number of amides is 2. The first-order valence-electron chi connectivity index (χ1n) is 9.91. The largest absolute Gasteiger partial charge is 0.493 e. The fraction of sp³-hybridized carbons (Fsp3) is 0.571. The van der Waals surface area contributed by atoms with Crippen LogP contribution in [-0.4, -0.2) is 67.0 Å². The van der Waals surface area contributed by atoms with Crippen molar-refractivity contribution in [3.05, 3.63) is 29.8 Å². The lowest BCUT2D eigenvalue weighted by Crippen LogP contribution is -2.50. The molecule has 1 saturated heterocycles. The minimum absolute atomic E-state index is 0.0632. The van der Waals surface area contributed by atoms with E-state index >= 15 is 0 Å². The molecule has 2 rings (SSSR count). The minimum Gasteiger partial charge on any atom is -0.493 e. The highest BCUT2D eigenvalue weighted by molar-refractivity contribution is 5.82. The summed E-state index contributed by atoms with van der Waals surface area (Å²) >= 11 is 0. The molecule has 0 aliphatic carbocycles. The summed E-state index contributed by atoms with van der Waals surface area (Å²) in [5.74, 6) is 0.529. The van der Waals surface area contributed by atoms with Gasteiger partial charge in [0.25, 0.3) is 0 Å². The highest BCUT2D eigenvalue weighted by Gasteiger charge is 2.24. The van der Waals surface area contributed by atoms with Crippen molar-refractivity contribution in [2.24, 2.45) is 0 Å². The van der Waals surface area contributed by atoms with Crippen LogP contribution in [0.15, 0.2) is 24.3 Å². The van der Waals surface area contributed by atoms with Gasteiger partial charge in [0.15, 0.2) is 0 Å². The third-order valence-electron chi connectivity index (χ3n) is 4.72. The van der Waals surface area contributed by atoms with Crippen molar-refractivity contribution in [3.8, 4) is 5.75 Å². The molecule has 0 spiro atoms. The van der Waals surface area contributed by atoms with Crippen LogP contribution >= 0.6 is 0 Å². The van der Waals surface area contributed by atoms with Gasteiger partial charge < -0.3 is 19.3 Å². The number of ether oxygens (including phenoxy) is 2. The van der Waals surface area contributed by atoms with Crippen LogP contribution in [0.4, 0.5) is 0 Å². The zero-order chi connectivity index (χ0) is 20.4. The maximum Gasteiger partial charge on any atom is 0.306 e. The second kappa shape index (κ2) is 11.3. The average Bonchev–Trinajstić information content (AvgIpc) is 2.71. The number of aryl methyl sites for hydroxylation is 1. The number of rotatable bonds is 9. The lowest BCUT2D eigenvalue weighted by Gasteiger charge is -2.35. The molecule has 0 atom stereocenters. The molecule has 1 aromatic carbocycles. The summed E-state index contributed by atoms with van der Waals surface area (Å²) in [6.07, 6.45) is 1.35. The van der Waals surface area contributed by atoms with Crippen LogP contribution in [0, 0.1) is 6.92 Å². The predicted octanol–water partition coefficient (Wildman–Crippen LogP) is 2.17. The number of carbonyl (C=O) groups excluding carboxylic acids is 3. The van der Waals surface area contributed by atoms with Crippen LogP contribution in [0.3, 0.4) is 0 Å². The van der Waals surface area contributed by atoms with Crippen molar-refractivity contribution >= 4 is 17.8 Å². The second-order valence-corrected chi connectivity index (χ2v) is 6.78. The van der Waals surface area contributed by atoms with Crippen LogP contribution in [0.5, 0.6) is 5.75 Å². The molecule has 1 heterocycles. The highest BCUT2D eigenvalue weighted by Crippen LogP contribution is 2.16. The summed E-state index contributed by atoms with van der Waals surface area (Å²) in [6, 6.07) is 7.82. The average molecular weight is 390 g/mol. The molecule has 2 amide bonds. The monoisotopic (exact) mass is 390 g/mol. The lowest BCUT2D eigenvalue weighted by atomic mass is 10.2. The number of benzene rings is 1. The van der Waals surface area contributed by atoms with Crippen molar-refractivity contribution in [2.75, 3.05) is 39.4 Å². The Balaban J connectivity index is 1.62. The molecule has 0 unspecified atom stereocenters. The quantitative estimate of drug-likeness (QED) is 0.477. The van der Waals surface area contributed by atoms with E-state index in [1.807, 2.05) is 31.2 Å². The van der Waals surface area contributed by atoms with Crippen molar-refractivity contribution in [1.29, 1.82) is 0 Å². The molecule has 7 heteroatoms. The molecular formula is C21H30N2O5. The van der Waals surface area contributed by atoms with Gasteiger partial charge in [-0.15, -0.1) is 0 Å². The van der Waals surface area contributed by atoms with Gasteiger partial charge in [0.2, 0.25) is 11.8 Å². The Bertz CT molecular complexity index is 669. The van der Waals surface area contributed by atoms with Crippen molar-refractivity contribution < 1.29 is 23.9 Å². The topological polar surface area (TPSA) is 76.2 Å². The van der Waals surface area contributed by atoms with E-state index in [1.54, 1.807) is 16.7 Å². The molecule has 0 radical (unpaired) electrons. The minimum atomic E-state index is -0.349. The summed E-state index contributed by atoms with van der Waals surface area (Å²) in [7, 11) is 0. The van der Waals surface area contributed by atoms with Crippen LogP contribution in [0.25, 0.3) is 0 Å². The first kappa shape index (κ1) is 21.7. The smallest absolute Gasteiger partial charge is 0.306 e. The molecule has 0 saturated carbocycles. The summed E-state index contributed by atoms with van der Waals surface area (Å²) < 4.78 is 10.6. The van der Waals surface area contributed by atoms with Gasteiger partial charge in [0, 0.05) is 39.0 Å². The van der Waals surface area contributed by atoms with Gasteiger partial charge in [-0.2, -0.15) is 0 Å². The molecule has 1 aliphatic rings. The van der Waals surface area contributed by atoms with Gasteiger partial charge in [-0.1, -0.05) is 18.2 Å².